The van der Waals surface area contributed by atoms with Crippen molar-refractivity contribution in [2.45, 2.75) is 11.8 Å². The highest BCUT2D eigenvalue weighted by molar-refractivity contribution is 7.89. The molecule has 0 atom stereocenters. The van der Waals surface area contributed by atoms with E-state index in [2.05, 4.69) is 20.0 Å². The molecule has 2 N–H and O–H groups in total. The first-order valence-corrected chi connectivity index (χ1v) is 9.67. The minimum Gasteiger partial charge on any atom is -0.350 e. The number of nitrogens with zero attached hydrogens (tertiary/aromatic N) is 3. The van der Waals surface area contributed by atoms with Gasteiger partial charge in [-0.1, -0.05) is 0 Å². The number of sulfonamides is 1. The number of aryl methyl sites for hydroxylation is 1. The second-order valence-corrected chi connectivity index (χ2v) is 7.75. The van der Waals surface area contributed by atoms with E-state index in [-0.39, 0.29) is 16.3 Å². The van der Waals surface area contributed by atoms with Crippen molar-refractivity contribution in [3.05, 3.63) is 70.5 Å². The summed E-state index contributed by atoms with van der Waals surface area (Å²) in [6.45, 7) is 1.87. The lowest BCUT2D eigenvalue weighted by Gasteiger charge is -2.10. The van der Waals surface area contributed by atoms with E-state index in [0.717, 1.165) is 17.3 Å². The number of benzene rings is 2. The van der Waals surface area contributed by atoms with Crippen LogP contribution in [0.2, 0.25) is 0 Å². The van der Waals surface area contributed by atoms with Gasteiger partial charge in [0.05, 0.1) is 9.82 Å². The summed E-state index contributed by atoms with van der Waals surface area (Å²) in [6, 6.07) is 12.5. The largest absolute Gasteiger partial charge is 0.350 e. The third kappa shape index (κ3) is 4.13. The summed E-state index contributed by atoms with van der Waals surface area (Å²) < 4.78 is 25.9. The molecule has 0 radical (unpaired) electrons. The van der Waals surface area contributed by atoms with Gasteiger partial charge in [0.15, 0.2) is 5.82 Å². The van der Waals surface area contributed by atoms with Gasteiger partial charge in [-0.05, 0) is 56.4 Å². The molecule has 0 amide bonds. The lowest BCUT2D eigenvalue weighted by Crippen LogP contribution is -2.18. The Kier molecular flexibility index (Phi) is 5.34. The molecule has 0 saturated heterocycles. The van der Waals surface area contributed by atoms with Gasteiger partial charge in [-0.15, -0.1) is 0 Å². The van der Waals surface area contributed by atoms with Crippen LogP contribution in [-0.2, 0) is 10.0 Å². The molecule has 0 bridgehead atoms. The Balaban J connectivity index is 1.90. The Morgan fingerprint density at radius 3 is 2.39 bits per heavy atom. The fourth-order valence-electron chi connectivity index (χ4n) is 2.50. The zero-order valence-corrected chi connectivity index (χ0v) is 15.9. The number of nitro benzene ring substituents is 1. The molecular weight excluding hydrogens is 382 g/mol. The molecule has 144 valence electrons. The maximum Gasteiger partial charge on any atom is 0.294 e. The molecule has 0 saturated carbocycles. The Labute approximate surface area is 161 Å². The molecule has 0 aliphatic rings. The molecule has 2 aromatic carbocycles. The van der Waals surface area contributed by atoms with Crippen LogP contribution in [0.1, 0.15) is 5.69 Å². The van der Waals surface area contributed by atoms with Crippen LogP contribution in [0.25, 0.3) is 11.4 Å². The van der Waals surface area contributed by atoms with Gasteiger partial charge in [0.25, 0.3) is 5.69 Å². The van der Waals surface area contributed by atoms with Crippen molar-refractivity contribution in [1.29, 1.82) is 0 Å². The van der Waals surface area contributed by atoms with E-state index in [1.165, 1.54) is 19.2 Å². The van der Waals surface area contributed by atoms with Crippen LogP contribution in [0.15, 0.2) is 59.6 Å². The van der Waals surface area contributed by atoms with Crippen LogP contribution in [0.4, 0.5) is 17.1 Å². The molecule has 0 aliphatic heterocycles. The summed E-state index contributed by atoms with van der Waals surface area (Å²) >= 11 is 0. The second kappa shape index (κ2) is 7.71. The van der Waals surface area contributed by atoms with Crippen LogP contribution >= 0.6 is 0 Å². The number of nitrogens with one attached hydrogen (secondary N) is 2. The topological polar surface area (TPSA) is 127 Å². The molecule has 3 rings (SSSR count). The van der Waals surface area contributed by atoms with E-state index in [1.807, 2.05) is 6.92 Å². The smallest absolute Gasteiger partial charge is 0.294 e. The van der Waals surface area contributed by atoms with Crippen molar-refractivity contribution in [3.63, 3.8) is 0 Å². The van der Waals surface area contributed by atoms with E-state index in [0.29, 0.717) is 11.5 Å². The van der Waals surface area contributed by atoms with Crippen LogP contribution in [0.5, 0.6) is 0 Å². The summed E-state index contributed by atoms with van der Waals surface area (Å²) in [4.78, 5) is 19.1. The van der Waals surface area contributed by atoms with Crippen molar-refractivity contribution in [2.24, 2.45) is 0 Å². The number of hydrogen-bond donors (Lipinski definition) is 2. The molecule has 1 aromatic heterocycles. The van der Waals surface area contributed by atoms with E-state index in [1.54, 1.807) is 36.5 Å². The molecule has 0 unspecified atom stereocenters. The Morgan fingerprint density at radius 1 is 1.07 bits per heavy atom. The van der Waals surface area contributed by atoms with Gasteiger partial charge >= 0.3 is 0 Å². The first-order valence-electron chi connectivity index (χ1n) is 8.19. The van der Waals surface area contributed by atoms with Crippen molar-refractivity contribution < 1.29 is 13.3 Å². The molecule has 10 heteroatoms. The zero-order chi connectivity index (χ0) is 20.3. The number of hydrogen-bond acceptors (Lipinski definition) is 7. The van der Waals surface area contributed by atoms with Crippen molar-refractivity contribution in [2.75, 3.05) is 12.4 Å². The number of rotatable bonds is 6. The molecule has 3 aromatic rings. The predicted molar refractivity (Wildman–Crippen MR) is 105 cm³/mol. The van der Waals surface area contributed by atoms with Gasteiger partial charge in [0.1, 0.15) is 5.69 Å². The van der Waals surface area contributed by atoms with E-state index >= 15 is 0 Å². The Hall–Kier alpha value is -3.37. The number of aromatic nitrogens is 2. The highest BCUT2D eigenvalue weighted by Gasteiger charge is 2.20. The maximum absolute atomic E-state index is 11.9. The third-order valence-corrected chi connectivity index (χ3v) is 5.37. The molecule has 9 nitrogen and oxygen atoms in total. The summed E-state index contributed by atoms with van der Waals surface area (Å²) in [5, 5.41) is 14.3. The number of nitro groups is 1. The quantitative estimate of drug-likeness (QED) is 0.482. The van der Waals surface area contributed by atoms with E-state index < -0.39 is 14.9 Å². The van der Waals surface area contributed by atoms with Gasteiger partial charge < -0.3 is 5.32 Å². The molecule has 1 heterocycles. The summed E-state index contributed by atoms with van der Waals surface area (Å²) in [5.74, 6) is 0.583. The molecule has 28 heavy (non-hydrogen) atoms. The monoisotopic (exact) mass is 399 g/mol. The summed E-state index contributed by atoms with van der Waals surface area (Å²) in [7, 11) is -2.54. The highest BCUT2D eigenvalue weighted by Crippen LogP contribution is 2.30. The minimum absolute atomic E-state index is 0.180. The van der Waals surface area contributed by atoms with E-state index in [9.17, 15) is 18.5 Å². The predicted octanol–water partition coefficient (Wildman–Crippen LogP) is 3.01. The molecule has 0 aliphatic carbocycles. The lowest BCUT2D eigenvalue weighted by molar-refractivity contribution is -0.384. The van der Waals surface area contributed by atoms with Crippen molar-refractivity contribution in [1.82, 2.24) is 14.7 Å². The van der Waals surface area contributed by atoms with Gasteiger partial charge in [-0.2, -0.15) is 0 Å². The molecular formula is C18H17N5O4S. The van der Waals surface area contributed by atoms with Crippen molar-refractivity contribution in [3.8, 4) is 11.4 Å². The van der Waals surface area contributed by atoms with Crippen molar-refractivity contribution >= 4 is 27.1 Å². The SMILES string of the molecule is CNS(=O)(=O)c1ccc(Nc2ccc(-c3nccc(C)n3)cc2)c([N+](=O)[O-])c1. The Morgan fingerprint density at radius 2 is 1.79 bits per heavy atom. The standard InChI is InChI=1S/C18H17N5O4S/c1-12-9-10-20-18(21-12)13-3-5-14(6-4-13)22-16-8-7-15(28(26,27)19-2)11-17(16)23(24)25/h3-11,19,22H,1-2H3. The first-order chi connectivity index (χ1) is 13.3. The van der Waals surface area contributed by atoms with Crippen LogP contribution < -0.4 is 10.0 Å². The number of anilines is 2. The Bertz CT molecular complexity index is 1130. The normalized spacial score (nSPS) is 11.2. The second-order valence-electron chi connectivity index (χ2n) is 5.87. The van der Waals surface area contributed by atoms with E-state index in [4.69, 9.17) is 0 Å². The third-order valence-electron chi connectivity index (χ3n) is 3.96. The minimum atomic E-state index is -3.78. The van der Waals surface area contributed by atoms with Gasteiger partial charge in [-0.25, -0.2) is 23.1 Å². The summed E-state index contributed by atoms with van der Waals surface area (Å²) in [5.41, 5.74) is 2.09. The summed E-state index contributed by atoms with van der Waals surface area (Å²) in [6.07, 6.45) is 1.67. The fourth-order valence-corrected chi connectivity index (χ4v) is 3.25. The average molecular weight is 399 g/mol. The zero-order valence-electron chi connectivity index (χ0n) is 15.1. The van der Waals surface area contributed by atoms with Gasteiger partial charge in [0, 0.05) is 29.2 Å². The van der Waals surface area contributed by atoms with Gasteiger partial charge in [-0.3, -0.25) is 10.1 Å². The highest BCUT2D eigenvalue weighted by atomic mass is 32.2. The van der Waals surface area contributed by atoms with Crippen LogP contribution in [-0.4, -0.2) is 30.4 Å². The molecule has 0 spiro atoms. The maximum atomic E-state index is 11.9. The molecule has 0 fully saturated rings. The van der Waals surface area contributed by atoms with Crippen LogP contribution in [0, 0.1) is 17.0 Å². The van der Waals surface area contributed by atoms with Crippen LogP contribution in [0.3, 0.4) is 0 Å². The lowest BCUT2D eigenvalue weighted by atomic mass is 10.2. The first kappa shape index (κ1) is 19.4. The van der Waals surface area contributed by atoms with Gasteiger partial charge in [0.2, 0.25) is 10.0 Å². The average Bonchev–Trinajstić information content (AvgIpc) is 2.68. The fraction of sp³-hybridized carbons (Fsp3) is 0.111.